The van der Waals surface area contributed by atoms with Crippen molar-refractivity contribution < 1.29 is 13.9 Å². The first-order valence-corrected chi connectivity index (χ1v) is 11.7. The highest BCUT2D eigenvalue weighted by atomic mass is 32.2. The molecule has 1 atom stereocenters. The molecule has 1 unspecified atom stereocenters. The summed E-state index contributed by atoms with van der Waals surface area (Å²) in [5, 5.41) is 3.00. The normalized spacial score (nSPS) is 18.1. The maximum absolute atomic E-state index is 14.8. The second kappa shape index (κ2) is 10.1. The lowest BCUT2D eigenvalue weighted by molar-refractivity contribution is 0.256. The number of halogens is 1. The zero-order valence-corrected chi connectivity index (χ0v) is 19.6. The van der Waals surface area contributed by atoms with Crippen LogP contribution in [0.5, 0.6) is 5.88 Å². The first-order valence-electron chi connectivity index (χ1n) is 11.0. The monoisotopic (exact) mass is 459 g/mol. The minimum Gasteiger partial charge on any atom is -0.481 e. The largest absolute Gasteiger partial charge is 0.481 e. The number of rotatable bonds is 7. The van der Waals surface area contributed by atoms with Gasteiger partial charge in [0.25, 0.3) is 0 Å². The second-order valence-corrected chi connectivity index (χ2v) is 9.42. The van der Waals surface area contributed by atoms with Gasteiger partial charge in [0, 0.05) is 42.5 Å². The predicted octanol–water partition coefficient (Wildman–Crippen LogP) is 4.10. The molecule has 1 aliphatic carbocycles. The van der Waals surface area contributed by atoms with Crippen molar-refractivity contribution in [1.82, 2.24) is 18.9 Å². The Morgan fingerprint density at radius 3 is 2.91 bits per heavy atom. The summed E-state index contributed by atoms with van der Waals surface area (Å²) in [6.45, 7) is 1.99. The van der Waals surface area contributed by atoms with E-state index in [0.29, 0.717) is 35.2 Å². The van der Waals surface area contributed by atoms with Gasteiger partial charge >= 0.3 is 6.03 Å². The van der Waals surface area contributed by atoms with Crippen LogP contribution >= 0.6 is 12.1 Å². The van der Waals surface area contributed by atoms with E-state index < -0.39 is 0 Å². The molecular weight excluding hydrogens is 429 g/mol. The third-order valence-electron chi connectivity index (χ3n) is 6.28. The van der Waals surface area contributed by atoms with Crippen molar-refractivity contribution in [2.45, 2.75) is 38.1 Å². The van der Waals surface area contributed by atoms with Crippen molar-refractivity contribution in [2.75, 3.05) is 39.6 Å². The predicted molar refractivity (Wildman–Crippen MR) is 126 cm³/mol. The van der Waals surface area contributed by atoms with E-state index in [1.807, 2.05) is 11.4 Å². The van der Waals surface area contributed by atoms with Crippen molar-refractivity contribution in [2.24, 2.45) is 0 Å². The van der Waals surface area contributed by atoms with Crippen LogP contribution in [0.25, 0.3) is 11.1 Å². The highest BCUT2D eigenvalue weighted by Crippen LogP contribution is 2.39. The van der Waals surface area contributed by atoms with Crippen molar-refractivity contribution in [3.8, 4) is 17.0 Å². The van der Waals surface area contributed by atoms with Gasteiger partial charge in [0.1, 0.15) is 5.82 Å². The van der Waals surface area contributed by atoms with Gasteiger partial charge in [-0.05, 0) is 81.6 Å². The molecule has 1 fully saturated rings. The number of hydrogen-bond acceptors (Lipinski definition) is 6. The molecule has 2 amide bonds. The molecule has 7 nitrogen and oxygen atoms in total. The van der Waals surface area contributed by atoms with Crippen LogP contribution in [0.3, 0.4) is 0 Å². The van der Waals surface area contributed by atoms with E-state index in [1.165, 1.54) is 31.0 Å². The molecule has 1 aromatic heterocycles. The number of aromatic nitrogens is 1. The van der Waals surface area contributed by atoms with E-state index in [-0.39, 0.29) is 11.8 Å². The van der Waals surface area contributed by atoms with Gasteiger partial charge < -0.3 is 15.0 Å². The Bertz CT molecular complexity index is 989. The molecular formula is C23H30FN5O2S. The van der Waals surface area contributed by atoms with Crippen LogP contribution in [-0.2, 0) is 12.8 Å². The molecule has 4 rings (SSSR count). The quantitative estimate of drug-likeness (QED) is 0.608. The van der Waals surface area contributed by atoms with Crippen LogP contribution in [0.1, 0.15) is 30.4 Å². The van der Waals surface area contributed by atoms with E-state index >= 15 is 0 Å². The fourth-order valence-electron chi connectivity index (χ4n) is 4.59. The Hall–Kier alpha value is -2.36. The standard InChI is InChI=1S/C23H30FN5O2S/c1-28-11-5-6-16(28)14-29(2)32-27-23(30)26-22-18-8-4-7-17(18)20(24)13-19(22)15-9-10-25-21(12-15)31-3/h9-10,12-13,16H,4-8,11,14H2,1-3H3,(H2,26,27,30). The van der Waals surface area contributed by atoms with Gasteiger partial charge in [-0.15, -0.1) is 0 Å². The lowest BCUT2D eigenvalue weighted by Gasteiger charge is -2.25. The van der Waals surface area contributed by atoms with Gasteiger partial charge in [-0.3, -0.25) is 4.72 Å². The number of pyridine rings is 1. The van der Waals surface area contributed by atoms with Crippen LogP contribution in [0.4, 0.5) is 14.9 Å². The summed E-state index contributed by atoms with van der Waals surface area (Å²) in [6.07, 6.45) is 6.30. The minimum atomic E-state index is -0.329. The number of fused-ring (bicyclic) bond motifs is 1. The highest BCUT2D eigenvalue weighted by molar-refractivity contribution is 7.95. The number of nitrogens with zero attached hydrogens (tertiary/aromatic N) is 3. The molecule has 0 spiro atoms. The first kappa shape index (κ1) is 22.8. The van der Waals surface area contributed by atoms with Gasteiger partial charge in [-0.1, -0.05) is 0 Å². The molecule has 2 aliphatic rings. The number of carbonyl (C=O) groups is 1. The van der Waals surface area contributed by atoms with Gasteiger partial charge in [0.05, 0.1) is 12.8 Å². The number of anilines is 1. The average molecular weight is 460 g/mol. The Labute approximate surface area is 193 Å². The topological polar surface area (TPSA) is 69.7 Å². The SMILES string of the molecule is COc1cc(-c2cc(F)c3c(c2NC(=O)NSN(C)CC2CCCN2C)CCC3)ccn1. The van der Waals surface area contributed by atoms with E-state index in [9.17, 15) is 9.18 Å². The zero-order chi connectivity index (χ0) is 22.7. The lowest BCUT2D eigenvalue weighted by atomic mass is 9.97. The van der Waals surface area contributed by atoms with Gasteiger partial charge in [-0.2, -0.15) is 0 Å². The van der Waals surface area contributed by atoms with E-state index in [1.54, 1.807) is 25.4 Å². The van der Waals surface area contributed by atoms with Gasteiger partial charge in [-0.25, -0.2) is 18.5 Å². The van der Waals surface area contributed by atoms with Crippen molar-refractivity contribution in [3.05, 3.63) is 41.3 Å². The number of ether oxygens (including phenoxy) is 1. The molecule has 2 heterocycles. The first-order chi connectivity index (χ1) is 15.5. The van der Waals surface area contributed by atoms with Crippen LogP contribution < -0.4 is 14.8 Å². The molecule has 2 N–H and O–H groups in total. The highest BCUT2D eigenvalue weighted by Gasteiger charge is 2.25. The molecule has 0 bridgehead atoms. The van der Waals surface area contributed by atoms with Gasteiger partial charge in [0.15, 0.2) is 0 Å². The maximum Gasteiger partial charge on any atom is 0.330 e. The summed E-state index contributed by atoms with van der Waals surface area (Å²) < 4.78 is 25.0. The molecule has 0 saturated carbocycles. The summed E-state index contributed by atoms with van der Waals surface area (Å²) >= 11 is 1.28. The maximum atomic E-state index is 14.8. The number of methoxy groups -OCH3 is 1. The van der Waals surface area contributed by atoms with Crippen LogP contribution in [0.2, 0.25) is 0 Å². The molecule has 32 heavy (non-hydrogen) atoms. The van der Waals surface area contributed by atoms with Gasteiger partial charge in [0.2, 0.25) is 5.88 Å². The number of benzene rings is 1. The Morgan fingerprint density at radius 1 is 1.34 bits per heavy atom. The molecule has 1 aliphatic heterocycles. The Balaban J connectivity index is 1.51. The summed E-state index contributed by atoms with van der Waals surface area (Å²) in [4.78, 5) is 19.3. The molecule has 9 heteroatoms. The van der Waals surface area contributed by atoms with E-state index in [0.717, 1.165) is 37.1 Å². The molecule has 0 radical (unpaired) electrons. The van der Waals surface area contributed by atoms with Crippen molar-refractivity contribution in [1.29, 1.82) is 0 Å². The number of hydrogen-bond donors (Lipinski definition) is 2. The number of carbonyl (C=O) groups excluding carboxylic acids is 1. The molecule has 1 aromatic carbocycles. The summed E-state index contributed by atoms with van der Waals surface area (Å²) in [5.41, 5.74) is 3.60. The number of urea groups is 1. The number of nitrogens with one attached hydrogen (secondary N) is 2. The fourth-order valence-corrected chi connectivity index (χ4v) is 5.13. The summed E-state index contributed by atoms with van der Waals surface area (Å²) in [7, 11) is 5.65. The van der Waals surface area contributed by atoms with Crippen LogP contribution in [-0.4, -0.2) is 60.6 Å². The zero-order valence-electron chi connectivity index (χ0n) is 18.8. The van der Waals surface area contributed by atoms with Crippen molar-refractivity contribution >= 4 is 23.9 Å². The molecule has 2 aromatic rings. The smallest absolute Gasteiger partial charge is 0.330 e. The third-order valence-corrected chi connectivity index (χ3v) is 7.01. The summed E-state index contributed by atoms with van der Waals surface area (Å²) in [6, 6.07) is 5.22. The second-order valence-electron chi connectivity index (χ2n) is 8.41. The number of amides is 2. The van der Waals surface area contributed by atoms with Crippen LogP contribution in [0.15, 0.2) is 24.4 Å². The average Bonchev–Trinajstić information content (AvgIpc) is 3.44. The number of likely N-dealkylation sites (N-methyl/N-ethyl adjacent to an activating group) is 2. The Morgan fingerprint density at radius 2 is 2.16 bits per heavy atom. The Kier molecular flexibility index (Phi) is 7.17. The minimum absolute atomic E-state index is 0.232. The summed E-state index contributed by atoms with van der Waals surface area (Å²) in [5.74, 6) is 0.205. The van der Waals surface area contributed by atoms with Crippen LogP contribution in [0, 0.1) is 5.82 Å². The fraction of sp³-hybridized carbons (Fsp3) is 0.478. The lowest BCUT2D eigenvalue weighted by Crippen LogP contribution is -2.36. The third kappa shape index (κ3) is 5.00. The number of likely N-dealkylation sites (tertiary alicyclic amines) is 1. The van der Waals surface area contributed by atoms with Crippen molar-refractivity contribution in [3.63, 3.8) is 0 Å². The molecule has 172 valence electrons. The molecule has 1 saturated heterocycles. The van der Waals surface area contributed by atoms with E-state index in [4.69, 9.17) is 4.74 Å². The van der Waals surface area contributed by atoms with E-state index in [2.05, 4.69) is 27.0 Å².